The second kappa shape index (κ2) is 13.6. The molecule has 0 spiro atoms. The molecule has 3 heterocycles. The van der Waals surface area contributed by atoms with Gasteiger partial charge in [0.2, 0.25) is 0 Å². The van der Waals surface area contributed by atoms with E-state index in [0.717, 1.165) is 39.2 Å². The van der Waals surface area contributed by atoms with Gasteiger partial charge in [0.05, 0.1) is 11.4 Å². The van der Waals surface area contributed by atoms with Crippen LogP contribution in [-0.2, 0) is 5.41 Å². The summed E-state index contributed by atoms with van der Waals surface area (Å²) >= 11 is 1.85. The highest BCUT2D eigenvalue weighted by molar-refractivity contribution is 7.25. The van der Waals surface area contributed by atoms with E-state index in [1.165, 1.54) is 64.7 Å². The van der Waals surface area contributed by atoms with Gasteiger partial charge in [-0.2, -0.15) is 0 Å². The summed E-state index contributed by atoms with van der Waals surface area (Å²) in [5, 5.41) is 2.61. The predicted octanol–water partition coefficient (Wildman–Crippen LogP) is 14.5. The first kappa shape index (κ1) is 34.3. The van der Waals surface area contributed by atoms with Crippen LogP contribution < -0.4 is 0 Å². The van der Waals surface area contributed by atoms with Crippen molar-refractivity contribution in [3.63, 3.8) is 0 Å². The van der Waals surface area contributed by atoms with Gasteiger partial charge < -0.3 is 0 Å². The van der Waals surface area contributed by atoms with Crippen LogP contribution in [0.4, 0.5) is 0 Å². The Bertz CT molecular complexity index is 3160. The Balaban J connectivity index is 0.956. The van der Waals surface area contributed by atoms with Crippen LogP contribution in [0.1, 0.15) is 25.0 Å². The quantitative estimate of drug-likeness (QED) is 0.169. The average Bonchev–Trinajstić information content (AvgIpc) is 3.77. The molecule has 3 nitrogen and oxygen atoms in total. The Morgan fingerprint density at radius 1 is 0.397 bits per heavy atom. The Morgan fingerprint density at radius 3 is 1.66 bits per heavy atom. The summed E-state index contributed by atoms with van der Waals surface area (Å²) in [4.78, 5) is 14.7. The molecule has 1 aliphatic rings. The van der Waals surface area contributed by atoms with Crippen molar-refractivity contribution in [3.8, 4) is 78.4 Å². The van der Waals surface area contributed by atoms with Crippen LogP contribution in [0.2, 0.25) is 0 Å². The van der Waals surface area contributed by atoms with Crippen LogP contribution >= 0.6 is 11.3 Å². The lowest BCUT2D eigenvalue weighted by Crippen LogP contribution is -2.14. The minimum Gasteiger partial charge on any atom is -0.264 e. The molecule has 3 aromatic heterocycles. The monoisotopic (exact) mass is 759 g/mol. The van der Waals surface area contributed by atoms with Gasteiger partial charge in [0.15, 0.2) is 5.82 Å². The molecular formula is C54H37N3S. The fourth-order valence-electron chi connectivity index (χ4n) is 8.67. The largest absolute Gasteiger partial charge is 0.264 e. The van der Waals surface area contributed by atoms with Crippen molar-refractivity contribution in [3.05, 3.63) is 199 Å². The Hall–Kier alpha value is -7.01. The second-order valence-electron chi connectivity index (χ2n) is 15.7. The van der Waals surface area contributed by atoms with E-state index in [1.54, 1.807) is 6.20 Å². The van der Waals surface area contributed by atoms with Gasteiger partial charge >= 0.3 is 0 Å². The van der Waals surface area contributed by atoms with Gasteiger partial charge in [0, 0.05) is 54.7 Å². The summed E-state index contributed by atoms with van der Waals surface area (Å²) in [5.74, 6) is 0.689. The molecule has 0 radical (unpaired) electrons. The third-order valence-corrected chi connectivity index (χ3v) is 13.0. The summed E-state index contributed by atoms with van der Waals surface area (Å²) in [5.41, 5.74) is 17.2. The molecule has 4 heteroatoms. The summed E-state index contributed by atoms with van der Waals surface area (Å²) in [6.45, 7) is 4.67. The lowest BCUT2D eigenvalue weighted by atomic mass is 9.81. The zero-order chi connectivity index (χ0) is 38.8. The molecule has 0 amide bonds. The Labute approximate surface area is 342 Å². The second-order valence-corrected chi connectivity index (χ2v) is 16.8. The van der Waals surface area contributed by atoms with Gasteiger partial charge in [-0.25, -0.2) is 9.97 Å². The third-order valence-electron chi connectivity index (χ3n) is 11.9. The highest BCUT2D eigenvalue weighted by Crippen LogP contribution is 2.49. The molecule has 0 unspecified atom stereocenters. The zero-order valence-corrected chi connectivity index (χ0v) is 33.0. The lowest BCUT2D eigenvalue weighted by Gasteiger charge is -2.22. The molecule has 10 aromatic rings. The van der Waals surface area contributed by atoms with Crippen LogP contribution in [0, 0.1) is 0 Å². The van der Waals surface area contributed by atoms with E-state index in [0.29, 0.717) is 5.82 Å². The number of rotatable bonds is 6. The third kappa shape index (κ3) is 5.84. The summed E-state index contributed by atoms with van der Waals surface area (Å²) < 4.78 is 2.63. The van der Waals surface area contributed by atoms with E-state index in [-0.39, 0.29) is 5.41 Å². The Kier molecular flexibility index (Phi) is 8.02. The van der Waals surface area contributed by atoms with Crippen molar-refractivity contribution in [2.75, 3.05) is 0 Å². The van der Waals surface area contributed by atoms with E-state index in [9.17, 15) is 0 Å². The molecule has 0 bridgehead atoms. The number of fused-ring (bicyclic) bond motifs is 6. The Morgan fingerprint density at radius 2 is 0.948 bits per heavy atom. The van der Waals surface area contributed by atoms with Gasteiger partial charge in [-0.05, 0) is 92.0 Å². The number of pyridine rings is 1. The summed E-state index contributed by atoms with van der Waals surface area (Å²) in [6.07, 6.45) is 3.69. The molecule has 0 saturated heterocycles. The van der Waals surface area contributed by atoms with Crippen LogP contribution in [-0.4, -0.2) is 15.0 Å². The van der Waals surface area contributed by atoms with Crippen molar-refractivity contribution in [2.24, 2.45) is 0 Å². The van der Waals surface area contributed by atoms with E-state index in [1.807, 2.05) is 23.6 Å². The molecule has 0 aliphatic heterocycles. The van der Waals surface area contributed by atoms with Crippen molar-refractivity contribution in [1.29, 1.82) is 0 Å². The van der Waals surface area contributed by atoms with Crippen molar-refractivity contribution in [1.82, 2.24) is 15.0 Å². The smallest absolute Gasteiger partial charge is 0.160 e. The zero-order valence-electron chi connectivity index (χ0n) is 32.1. The molecule has 0 N–H and O–H groups in total. The minimum absolute atomic E-state index is 0.0451. The molecule has 11 rings (SSSR count). The maximum Gasteiger partial charge on any atom is 0.160 e. The highest BCUT2D eigenvalue weighted by atomic mass is 32.1. The summed E-state index contributed by atoms with van der Waals surface area (Å²) in [7, 11) is 0. The average molecular weight is 760 g/mol. The number of aromatic nitrogens is 3. The molecule has 274 valence electrons. The maximum atomic E-state index is 5.18. The van der Waals surface area contributed by atoms with Crippen LogP contribution in [0.5, 0.6) is 0 Å². The molecule has 7 aromatic carbocycles. The number of hydrogen-bond donors (Lipinski definition) is 0. The molecular weight excluding hydrogens is 723 g/mol. The maximum absolute atomic E-state index is 5.18. The van der Waals surface area contributed by atoms with Crippen LogP contribution in [0.25, 0.3) is 98.6 Å². The number of benzene rings is 7. The minimum atomic E-state index is -0.0451. The van der Waals surface area contributed by atoms with Crippen molar-refractivity contribution >= 4 is 31.5 Å². The fourth-order valence-corrected chi connectivity index (χ4v) is 9.76. The van der Waals surface area contributed by atoms with Crippen LogP contribution in [0.15, 0.2) is 188 Å². The van der Waals surface area contributed by atoms with E-state index in [4.69, 9.17) is 9.97 Å². The first-order chi connectivity index (χ1) is 28.5. The number of nitrogens with zero attached hydrogens (tertiary/aromatic N) is 3. The van der Waals surface area contributed by atoms with E-state index >= 15 is 0 Å². The van der Waals surface area contributed by atoms with Gasteiger partial charge in [-0.15, -0.1) is 11.3 Å². The molecule has 1 aliphatic carbocycles. The van der Waals surface area contributed by atoms with Crippen molar-refractivity contribution < 1.29 is 0 Å². The SMILES string of the molecule is CC1(C)c2ccccc2-c2ccc(-c3ccc(-c4cc(-c5ccc(-c6ccc7sc8ccccc8c7c6)cc5)nc(-c5ccc(-c6cccnc6)cc5)n4)cc3)cc21. The molecule has 58 heavy (non-hydrogen) atoms. The highest BCUT2D eigenvalue weighted by Gasteiger charge is 2.35. The van der Waals surface area contributed by atoms with E-state index in [2.05, 4.69) is 189 Å². The fraction of sp³-hybridized carbons (Fsp3) is 0.0556. The lowest BCUT2D eigenvalue weighted by molar-refractivity contribution is 0.660. The van der Waals surface area contributed by atoms with Crippen LogP contribution in [0.3, 0.4) is 0 Å². The van der Waals surface area contributed by atoms with Gasteiger partial charge in [-0.1, -0.05) is 153 Å². The standard InChI is InChI=1S/C54H37N3S/c1-54(2)47-11-5-3-9-43(47)44-27-25-41(31-48(44)54)35-15-21-38(22-16-35)50-32-49(56-53(57-50)39-23-17-36(18-24-39)42-8-7-29-55-33-42)37-19-13-34(14-20-37)40-26-28-52-46(30-40)45-10-4-6-12-51(45)58-52/h3-33H,1-2H3. The van der Waals surface area contributed by atoms with Gasteiger partial charge in [0.25, 0.3) is 0 Å². The molecule has 0 atom stereocenters. The van der Waals surface area contributed by atoms with Gasteiger partial charge in [-0.3, -0.25) is 4.98 Å². The normalized spacial score (nSPS) is 12.8. The van der Waals surface area contributed by atoms with Gasteiger partial charge in [0.1, 0.15) is 0 Å². The summed E-state index contributed by atoms with van der Waals surface area (Å²) in [6, 6.07) is 63.4. The van der Waals surface area contributed by atoms with Crippen molar-refractivity contribution in [2.45, 2.75) is 19.3 Å². The number of thiophene rings is 1. The first-order valence-electron chi connectivity index (χ1n) is 19.7. The molecule has 0 fully saturated rings. The first-order valence-corrected chi connectivity index (χ1v) is 20.6. The number of hydrogen-bond acceptors (Lipinski definition) is 4. The predicted molar refractivity (Wildman–Crippen MR) is 243 cm³/mol. The van der Waals surface area contributed by atoms with E-state index < -0.39 is 0 Å². The molecule has 0 saturated carbocycles. The topological polar surface area (TPSA) is 38.7 Å².